The molecular weight excluding hydrogens is 467 g/mol. The second-order valence-corrected chi connectivity index (χ2v) is 7.73. The molecule has 1 aliphatic heterocycles. The van der Waals surface area contributed by atoms with Crippen LogP contribution >= 0.6 is 0 Å². The molecule has 0 unspecified atom stereocenters. The predicted octanol–water partition coefficient (Wildman–Crippen LogP) is 2.47. The van der Waals surface area contributed by atoms with Gasteiger partial charge in [-0.3, -0.25) is 14.4 Å². The molecule has 1 N–H and O–H groups in total. The number of hydrogen-bond acceptors (Lipinski definition) is 6. The number of piperazine rings is 1. The third-order valence-electron chi connectivity index (χ3n) is 5.55. The van der Waals surface area contributed by atoms with Crippen LogP contribution in [-0.2, 0) is 11.0 Å². The Bertz CT molecular complexity index is 1200. The van der Waals surface area contributed by atoms with Gasteiger partial charge in [0.05, 0.1) is 17.7 Å². The lowest BCUT2D eigenvalue weighted by atomic mass is 10.1. The first-order chi connectivity index (χ1) is 16.7. The van der Waals surface area contributed by atoms with Gasteiger partial charge in [-0.15, -0.1) is 0 Å². The summed E-state index contributed by atoms with van der Waals surface area (Å²) >= 11 is 0. The van der Waals surface area contributed by atoms with Crippen LogP contribution in [0.4, 0.5) is 13.2 Å². The molecule has 1 fully saturated rings. The predicted molar refractivity (Wildman–Crippen MR) is 116 cm³/mol. The molecule has 2 heterocycles. The number of hydrogen-bond donors (Lipinski definition) is 1. The standard InChI is InChI=1S/C23H20F3N5O4/c24-23(25,26)18-4-2-1-3-17(18)22(34)31-11-9-30(10-12-31)19(32)13-27-21(33)16-7-5-15(6-8-16)20-28-14-35-29-20/h1-8,14H,9-13H2,(H,27,33). The summed E-state index contributed by atoms with van der Waals surface area (Å²) in [5, 5.41) is 6.26. The Kier molecular flexibility index (Phi) is 6.80. The maximum absolute atomic E-state index is 13.2. The van der Waals surface area contributed by atoms with Gasteiger partial charge >= 0.3 is 6.18 Å². The number of carbonyl (C=O) groups is 3. The molecule has 1 aromatic heterocycles. The molecule has 12 heteroatoms. The number of rotatable bonds is 5. The summed E-state index contributed by atoms with van der Waals surface area (Å²) < 4.78 is 44.4. The van der Waals surface area contributed by atoms with Crippen LogP contribution in [0.2, 0.25) is 0 Å². The Morgan fingerprint density at radius 3 is 2.23 bits per heavy atom. The molecule has 4 rings (SSSR count). The van der Waals surface area contributed by atoms with Crippen LogP contribution in [0.25, 0.3) is 11.4 Å². The van der Waals surface area contributed by atoms with Gasteiger partial charge in [0.2, 0.25) is 18.1 Å². The third kappa shape index (κ3) is 5.48. The minimum atomic E-state index is -4.64. The van der Waals surface area contributed by atoms with Crippen molar-refractivity contribution in [2.24, 2.45) is 0 Å². The fourth-order valence-electron chi connectivity index (χ4n) is 3.68. The first-order valence-electron chi connectivity index (χ1n) is 10.6. The van der Waals surface area contributed by atoms with Crippen LogP contribution in [-0.4, -0.2) is 70.4 Å². The highest BCUT2D eigenvalue weighted by Crippen LogP contribution is 2.32. The highest BCUT2D eigenvalue weighted by molar-refractivity contribution is 5.97. The third-order valence-corrected chi connectivity index (χ3v) is 5.55. The Labute approximate surface area is 197 Å². The molecule has 0 atom stereocenters. The number of halogens is 3. The lowest BCUT2D eigenvalue weighted by molar-refractivity contribution is -0.138. The summed E-state index contributed by atoms with van der Waals surface area (Å²) in [5.74, 6) is -1.16. The molecule has 0 bridgehead atoms. The maximum Gasteiger partial charge on any atom is 0.417 e. The molecule has 2 aromatic carbocycles. The van der Waals surface area contributed by atoms with E-state index in [1.54, 1.807) is 24.3 Å². The van der Waals surface area contributed by atoms with Gasteiger partial charge < -0.3 is 19.6 Å². The van der Waals surface area contributed by atoms with Gasteiger partial charge in [-0.2, -0.15) is 18.2 Å². The fraction of sp³-hybridized carbons (Fsp3) is 0.261. The Balaban J connectivity index is 1.28. The van der Waals surface area contributed by atoms with Gasteiger partial charge in [-0.1, -0.05) is 29.4 Å². The van der Waals surface area contributed by atoms with Gasteiger partial charge in [-0.05, 0) is 24.3 Å². The second kappa shape index (κ2) is 9.95. The molecule has 0 aliphatic carbocycles. The summed E-state index contributed by atoms with van der Waals surface area (Å²) in [6.45, 7) is 0.211. The molecule has 1 aliphatic rings. The van der Waals surface area contributed by atoms with Crippen LogP contribution in [0.15, 0.2) is 59.4 Å². The van der Waals surface area contributed by atoms with E-state index in [0.29, 0.717) is 17.0 Å². The van der Waals surface area contributed by atoms with Crippen molar-refractivity contribution < 1.29 is 32.1 Å². The van der Waals surface area contributed by atoms with Crippen LogP contribution in [0, 0.1) is 0 Å². The fourth-order valence-corrected chi connectivity index (χ4v) is 3.68. The average Bonchev–Trinajstić information content (AvgIpc) is 3.41. The first kappa shape index (κ1) is 23.9. The largest absolute Gasteiger partial charge is 0.417 e. The van der Waals surface area contributed by atoms with E-state index in [1.807, 2.05) is 0 Å². The van der Waals surface area contributed by atoms with E-state index in [2.05, 4.69) is 20.0 Å². The number of nitrogens with zero attached hydrogens (tertiary/aromatic N) is 4. The molecule has 3 aromatic rings. The monoisotopic (exact) mass is 487 g/mol. The van der Waals surface area contributed by atoms with Crippen molar-refractivity contribution in [1.29, 1.82) is 0 Å². The molecule has 0 spiro atoms. The zero-order chi connectivity index (χ0) is 25.0. The van der Waals surface area contributed by atoms with Gasteiger partial charge in [0, 0.05) is 37.3 Å². The molecular formula is C23H20F3N5O4. The van der Waals surface area contributed by atoms with Crippen molar-refractivity contribution in [2.75, 3.05) is 32.7 Å². The quantitative estimate of drug-likeness (QED) is 0.593. The summed E-state index contributed by atoms with van der Waals surface area (Å²) in [4.78, 5) is 44.2. The molecule has 3 amide bonds. The number of carbonyl (C=O) groups excluding carboxylic acids is 3. The first-order valence-corrected chi connectivity index (χ1v) is 10.6. The van der Waals surface area contributed by atoms with Crippen LogP contribution in [0.5, 0.6) is 0 Å². The molecule has 1 saturated heterocycles. The zero-order valence-corrected chi connectivity index (χ0v) is 18.3. The van der Waals surface area contributed by atoms with E-state index < -0.39 is 29.1 Å². The van der Waals surface area contributed by atoms with Crippen molar-refractivity contribution in [1.82, 2.24) is 25.3 Å². The number of amides is 3. The molecule has 35 heavy (non-hydrogen) atoms. The molecule has 0 radical (unpaired) electrons. The van der Waals surface area contributed by atoms with E-state index in [1.165, 1.54) is 28.3 Å². The van der Waals surface area contributed by atoms with Gasteiger partial charge in [0.25, 0.3) is 11.8 Å². The van der Waals surface area contributed by atoms with Gasteiger partial charge in [0.15, 0.2) is 0 Å². The van der Waals surface area contributed by atoms with Crippen molar-refractivity contribution in [3.63, 3.8) is 0 Å². The minimum Gasteiger partial charge on any atom is -0.343 e. The summed E-state index contributed by atoms with van der Waals surface area (Å²) in [6, 6.07) is 11.0. The zero-order valence-electron chi connectivity index (χ0n) is 18.3. The Hall–Kier alpha value is -4.22. The Morgan fingerprint density at radius 2 is 1.60 bits per heavy atom. The van der Waals surface area contributed by atoms with E-state index in [4.69, 9.17) is 0 Å². The van der Waals surface area contributed by atoms with E-state index >= 15 is 0 Å². The van der Waals surface area contributed by atoms with Crippen LogP contribution in [0.3, 0.4) is 0 Å². The lowest BCUT2D eigenvalue weighted by Crippen LogP contribution is -2.52. The van der Waals surface area contributed by atoms with Crippen molar-refractivity contribution in [3.8, 4) is 11.4 Å². The summed E-state index contributed by atoms with van der Waals surface area (Å²) in [5.41, 5.74) is -0.408. The number of alkyl halides is 3. The molecule has 0 saturated carbocycles. The highest BCUT2D eigenvalue weighted by atomic mass is 19.4. The smallest absolute Gasteiger partial charge is 0.343 e. The van der Waals surface area contributed by atoms with E-state index in [9.17, 15) is 27.6 Å². The molecule has 182 valence electrons. The minimum absolute atomic E-state index is 0.0856. The maximum atomic E-state index is 13.2. The van der Waals surface area contributed by atoms with Gasteiger partial charge in [0.1, 0.15) is 0 Å². The SMILES string of the molecule is O=C(NCC(=O)N1CCN(C(=O)c2ccccc2C(F)(F)F)CC1)c1ccc(-c2ncon2)cc1. The lowest BCUT2D eigenvalue weighted by Gasteiger charge is -2.35. The summed E-state index contributed by atoms with van der Waals surface area (Å²) in [7, 11) is 0. The summed E-state index contributed by atoms with van der Waals surface area (Å²) in [6.07, 6.45) is -3.45. The van der Waals surface area contributed by atoms with Gasteiger partial charge in [-0.25, -0.2) is 0 Å². The topological polar surface area (TPSA) is 109 Å². The van der Waals surface area contributed by atoms with Crippen LogP contribution < -0.4 is 5.32 Å². The highest BCUT2D eigenvalue weighted by Gasteiger charge is 2.36. The number of aromatic nitrogens is 2. The number of benzene rings is 2. The van der Waals surface area contributed by atoms with Crippen molar-refractivity contribution in [3.05, 3.63) is 71.6 Å². The average molecular weight is 487 g/mol. The second-order valence-electron chi connectivity index (χ2n) is 7.73. The normalized spacial score (nSPS) is 14.0. The Morgan fingerprint density at radius 1 is 0.943 bits per heavy atom. The molecule has 9 nitrogen and oxygen atoms in total. The van der Waals surface area contributed by atoms with E-state index in [-0.39, 0.29) is 38.6 Å². The van der Waals surface area contributed by atoms with Crippen molar-refractivity contribution >= 4 is 17.7 Å². The number of nitrogens with one attached hydrogen (secondary N) is 1. The van der Waals surface area contributed by atoms with Crippen LogP contribution in [0.1, 0.15) is 26.3 Å². The van der Waals surface area contributed by atoms with Crippen molar-refractivity contribution in [2.45, 2.75) is 6.18 Å². The van der Waals surface area contributed by atoms with E-state index in [0.717, 1.165) is 12.1 Å².